The van der Waals surface area contributed by atoms with Crippen molar-refractivity contribution in [2.75, 3.05) is 19.8 Å². The Bertz CT molecular complexity index is 408. The Hall–Kier alpha value is -0.450. The van der Waals surface area contributed by atoms with E-state index in [1.807, 2.05) is 11.3 Å². The number of nitrogens with one attached hydrogen (secondary N) is 1. The average Bonchev–Trinajstić information content (AvgIpc) is 2.85. The second-order valence-corrected chi connectivity index (χ2v) is 8.12. The van der Waals surface area contributed by atoms with E-state index in [9.17, 15) is 0 Å². The highest BCUT2D eigenvalue weighted by Crippen LogP contribution is 2.34. The second kappa shape index (κ2) is 5.51. The molecule has 0 radical (unpaired) electrons. The minimum absolute atomic E-state index is 0.157. The topological polar surface area (TPSA) is 34.2 Å². The van der Waals surface area contributed by atoms with Crippen molar-refractivity contribution in [2.24, 2.45) is 5.41 Å². The van der Waals surface area contributed by atoms with Crippen LogP contribution in [0.4, 0.5) is 0 Å². The molecule has 1 unspecified atom stereocenters. The van der Waals surface area contributed by atoms with Gasteiger partial charge in [0.2, 0.25) is 0 Å². The molecule has 2 rings (SSSR count). The number of aromatic nitrogens is 1. The van der Waals surface area contributed by atoms with Crippen LogP contribution in [0, 0.1) is 19.3 Å². The first-order chi connectivity index (χ1) is 8.80. The number of aryl methyl sites for hydroxylation is 2. The normalized spacial score (nSPS) is 24.1. The predicted molar refractivity (Wildman–Crippen MR) is 80.9 cm³/mol. The molecular weight excluding hydrogens is 256 g/mol. The molecule has 2 heterocycles. The maximum atomic E-state index is 5.67. The van der Waals surface area contributed by atoms with Gasteiger partial charge < -0.3 is 10.1 Å². The number of ether oxygens (including phenoxy) is 1. The summed E-state index contributed by atoms with van der Waals surface area (Å²) in [5.41, 5.74) is 1.56. The number of hydrogen-bond donors (Lipinski definition) is 1. The third-order valence-corrected chi connectivity index (χ3v) is 4.85. The molecule has 0 spiro atoms. The zero-order valence-electron chi connectivity index (χ0n) is 12.8. The molecule has 1 aliphatic heterocycles. The molecule has 19 heavy (non-hydrogen) atoms. The van der Waals surface area contributed by atoms with Crippen LogP contribution in [0.3, 0.4) is 0 Å². The van der Waals surface area contributed by atoms with Gasteiger partial charge in [-0.15, -0.1) is 11.3 Å². The van der Waals surface area contributed by atoms with Gasteiger partial charge in [-0.1, -0.05) is 0 Å². The molecule has 1 aromatic heterocycles. The molecule has 0 aromatic carbocycles. The van der Waals surface area contributed by atoms with E-state index < -0.39 is 0 Å². The third kappa shape index (κ3) is 4.01. The first-order valence-electron chi connectivity index (χ1n) is 7.05. The van der Waals surface area contributed by atoms with Crippen molar-refractivity contribution in [3.05, 3.63) is 15.6 Å². The monoisotopic (exact) mass is 282 g/mol. The average molecular weight is 282 g/mol. The minimum atomic E-state index is 0.157. The fourth-order valence-electron chi connectivity index (χ4n) is 2.38. The lowest BCUT2D eigenvalue weighted by Crippen LogP contribution is -2.45. The second-order valence-electron chi connectivity index (χ2n) is 6.83. The zero-order valence-corrected chi connectivity index (χ0v) is 13.6. The number of thiazole rings is 1. The van der Waals surface area contributed by atoms with Crippen molar-refractivity contribution in [2.45, 2.75) is 53.0 Å². The first kappa shape index (κ1) is 14.9. The Morgan fingerprint density at radius 2 is 2.11 bits per heavy atom. The maximum absolute atomic E-state index is 5.67. The van der Waals surface area contributed by atoms with Gasteiger partial charge in [-0.05, 0) is 41.0 Å². The number of nitrogens with zero attached hydrogens (tertiary/aromatic N) is 1. The van der Waals surface area contributed by atoms with E-state index in [2.05, 4.69) is 39.9 Å². The molecule has 0 aliphatic carbocycles. The van der Waals surface area contributed by atoms with Crippen LogP contribution in [0.5, 0.6) is 0 Å². The van der Waals surface area contributed by atoms with Gasteiger partial charge in [0.15, 0.2) is 0 Å². The first-order valence-corrected chi connectivity index (χ1v) is 7.87. The minimum Gasteiger partial charge on any atom is -0.381 e. The zero-order chi connectivity index (χ0) is 14.1. The van der Waals surface area contributed by atoms with Crippen LogP contribution in [-0.2, 0) is 11.2 Å². The SMILES string of the molecule is Cc1nc(CC2(CNC(C)(C)C)CCOC2)sc1C. The molecule has 3 nitrogen and oxygen atoms in total. The molecule has 0 bridgehead atoms. The Morgan fingerprint density at radius 1 is 1.37 bits per heavy atom. The summed E-state index contributed by atoms with van der Waals surface area (Å²) in [4.78, 5) is 6.04. The standard InChI is InChI=1S/C15H26N2OS/c1-11-12(2)19-13(17-11)8-15(6-7-18-10-15)9-16-14(3,4)5/h16H,6-10H2,1-5H3. The third-order valence-electron chi connectivity index (χ3n) is 3.78. The fraction of sp³-hybridized carbons (Fsp3) is 0.800. The lowest BCUT2D eigenvalue weighted by atomic mass is 9.83. The van der Waals surface area contributed by atoms with Gasteiger partial charge in [0.05, 0.1) is 17.3 Å². The molecule has 1 saturated heterocycles. The summed E-state index contributed by atoms with van der Waals surface area (Å²) < 4.78 is 5.67. The molecule has 1 N–H and O–H groups in total. The van der Waals surface area contributed by atoms with E-state index in [1.54, 1.807) is 0 Å². The lowest BCUT2D eigenvalue weighted by Gasteiger charge is -2.31. The molecule has 1 atom stereocenters. The Labute approximate surface area is 120 Å². The van der Waals surface area contributed by atoms with E-state index in [0.29, 0.717) is 0 Å². The van der Waals surface area contributed by atoms with Crippen LogP contribution in [0.2, 0.25) is 0 Å². The molecule has 1 aliphatic rings. The van der Waals surface area contributed by atoms with Gasteiger partial charge in [-0.25, -0.2) is 4.98 Å². The van der Waals surface area contributed by atoms with Gasteiger partial charge in [0.1, 0.15) is 0 Å². The van der Waals surface area contributed by atoms with Crippen LogP contribution in [0.25, 0.3) is 0 Å². The molecule has 4 heteroatoms. The van der Waals surface area contributed by atoms with E-state index in [0.717, 1.165) is 32.6 Å². The van der Waals surface area contributed by atoms with Crippen LogP contribution in [0.15, 0.2) is 0 Å². The Kier molecular flexibility index (Phi) is 4.33. The highest BCUT2D eigenvalue weighted by molar-refractivity contribution is 7.11. The highest BCUT2D eigenvalue weighted by Gasteiger charge is 2.36. The summed E-state index contributed by atoms with van der Waals surface area (Å²) in [5.74, 6) is 0. The van der Waals surface area contributed by atoms with Crippen LogP contribution >= 0.6 is 11.3 Å². The predicted octanol–water partition coefficient (Wildman–Crippen LogP) is 3.10. The van der Waals surface area contributed by atoms with Crippen molar-refractivity contribution in [1.82, 2.24) is 10.3 Å². The fourth-order valence-corrected chi connectivity index (χ4v) is 3.49. The molecule has 1 fully saturated rings. The van der Waals surface area contributed by atoms with Gasteiger partial charge in [0.25, 0.3) is 0 Å². The van der Waals surface area contributed by atoms with Crippen molar-refractivity contribution < 1.29 is 4.74 Å². The highest BCUT2D eigenvalue weighted by atomic mass is 32.1. The molecule has 0 saturated carbocycles. The van der Waals surface area contributed by atoms with Gasteiger partial charge in [-0.3, -0.25) is 0 Å². The van der Waals surface area contributed by atoms with E-state index in [4.69, 9.17) is 9.72 Å². The summed E-state index contributed by atoms with van der Waals surface area (Å²) in [7, 11) is 0. The Morgan fingerprint density at radius 3 is 2.58 bits per heavy atom. The van der Waals surface area contributed by atoms with Crippen LogP contribution < -0.4 is 5.32 Å². The van der Waals surface area contributed by atoms with E-state index in [-0.39, 0.29) is 11.0 Å². The Balaban J connectivity index is 2.07. The van der Waals surface area contributed by atoms with Gasteiger partial charge >= 0.3 is 0 Å². The molecule has 108 valence electrons. The molecule has 0 amide bonds. The van der Waals surface area contributed by atoms with E-state index in [1.165, 1.54) is 15.6 Å². The summed E-state index contributed by atoms with van der Waals surface area (Å²) >= 11 is 1.84. The van der Waals surface area contributed by atoms with Crippen LogP contribution in [0.1, 0.15) is 42.8 Å². The quantitative estimate of drug-likeness (QED) is 0.921. The number of rotatable bonds is 4. The van der Waals surface area contributed by atoms with E-state index >= 15 is 0 Å². The smallest absolute Gasteiger partial charge is 0.0937 e. The summed E-state index contributed by atoms with van der Waals surface area (Å²) in [6.45, 7) is 13.6. The summed E-state index contributed by atoms with van der Waals surface area (Å²) in [6, 6.07) is 0. The van der Waals surface area contributed by atoms with Crippen molar-refractivity contribution in [1.29, 1.82) is 0 Å². The van der Waals surface area contributed by atoms with Crippen molar-refractivity contribution in [3.63, 3.8) is 0 Å². The maximum Gasteiger partial charge on any atom is 0.0937 e. The van der Waals surface area contributed by atoms with Gasteiger partial charge in [0, 0.05) is 35.4 Å². The van der Waals surface area contributed by atoms with Crippen LogP contribution in [-0.4, -0.2) is 30.3 Å². The van der Waals surface area contributed by atoms with Gasteiger partial charge in [-0.2, -0.15) is 0 Å². The lowest BCUT2D eigenvalue weighted by molar-refractivity contribution is 0.144. The summed E-state index contributed by atoms with van der Waals surface area (Å²) in [6.07, 6.45) is 2.17. The largest absolute Gasteiger partial charge is 0.381 e. The van der Waals surface area contributed by atoms with Crippen molar-refractivity contribution >= 4 is 11.3 Å². The molecule has 1 aromatic rings. The molecular formula is C15H26N2OS. The summed E-state index contributed by atoms with van der Waals surface area (Å²) in [5, 5.41) is 4.90. The number of hydrogen-bond acceptors (Lipinski definition) is 4. The van der Waals surface area contributed by atoms with Crippen molar-refractivity contribution in [3.8, 4) is 0 Å².